The Labute approximate surface area is 90.4 Å². The Balaban J connectivity index is 2.11. The van der Waals surface area contributed by atoms with Gasteiger partial charge in [0.2, 0.25) is 0 Å². The summed E-state index contributed by atoms with van der Waals surface area (Å²) in [7, 11) is 0. The topological polar surface area (TPSA) is 73.5 Å². The van der Waals surface area contributed by atoms with Gasteiger partial charge in [0.1, 0.15) is 11.4 Å². The number of ether oxygens (including phenoxy) is 1. The Morgan fingerprint density at radius 1 is 1.31 bits per heavy atom. The van der Waals surface area contributed by atoms with Gasteiger partial charge in [-0.05, 0) is 17.3 Å². The third kappa shape index (κ3) is 2.11. The summed E-state index contributed by atoms with van der Waals surface area (Å²) in [5, 5.41) is 6.27. The Kier molecular flexibility index (Phi) is 2.73. The normalized spacial score (nSPS) is 9.75. The van der Waals surface area contributed by atoms with E-state index in [1.54, 1.807) is 30.3 Å². The van der Waals surface area contributed by atoms with Crippen molar-refractivity contribution in [1.82, 2.24) is 9.78 Å². The molecule has 0 saturated heterocycles. The minimum absolute atomic E-state index is 0.0741. The van der Waals surface area contributed by atoms with E-state index in [4.69, 9.17) is 4.74 Å². The van der Waals surface area contributed by atoms with E-state index >= 15 is 0 Å². The summed E-state index contributed by atoms with van der Waals surface area (Å²) in [6, 6.07) is 8.56. The molecule has 0 aliphatic rings. The van der Waals surface area contributed by atoms with Crippen LogP contribution < -0.4 is 4.74 Å². The highest BCUT2D eigenvalue weighted by molar-refractivity contribution is 5.72. The Hall–Kier alpha value is -2.50. The molecule has 16 heavy (non-hydrogen) atoms. The van der Waals surface area contributed by atoms with Gasteiger partial charge >= 0.3 is 6.09 Å². The quantitative estimate of drug-likeness (QED) is 0.723. The molecule has 1 aromatic carbocycles. The summed E-state index contributed by atoms with van der Waals surface area (Å²) in [6.45, 7) is 0. The molecule has 80 valence electrons. The lowest BCUT2D eigenvalue weighted by Gasteiger charge is -2.02. The van der Waals surface area contributed by atoms with E-state index < -0.39 is 6.09 Å². The number of rotatable bonds is 2. The summed E-state index contributed by atoms with van der Waals surface area (Å²) >= 11 is 0. The van der Waals surface area contributed by atoms with E-state index in [0.717, 1.165) is 4.68 Å². The number of aromatic nitrogens is 2. The second-order valence-electron chi connectivity index (χ2n) is 2.92. The molecule has 0 saturated carbocycles. The van der Waals surface area contributed by atoms with Crippen LogP contribution in [-0.4, -0.2) is 15.9 Å². The third-order valence-electron chi connectivity index (χ3n) is 1.81. The van der Waals surface area contributed by atoms with Crippen LogP contribution in [0.25, 0.3) is 0 Å². The fourth-order valence-electron chi connectivity index (χ4n) is 1.10. The standard InChI is InChI=1S/C10H7N3O3/c14-10(13-7-8(12-15)6-11-13)16-9-4-2-1-3-5-9/h1-7H. The number of carbonyl (C=O) groups is 1. The molecule has 1 aromatic heterocycles. The van der Waals surface area contributed by atoms with Crippen molar-refractivity contribution >= 4 is 11.8 Å². The van der Waals surface area contributed by atoms with Gasteiger partial charge in [-0.3, -0.25) is 0 Å². The second-order valence-corrected chi connectivity index (χ2v) is 2.92. The monoisotopic (exact) mass is 217 g/mol. The predicted octanol–water partition coefficient (Wildman–Crippen LogP) is 2.33. The van der Waals surface area contributed by atoms with Crippen LogP contribution >= 0.6 is 0 Å². The first kappa shape index (κ1) is 10.0. The summed E-state index contributed by atoms with van der Waals surface area (Å²) in [5.41, 5.74) is 0.0741. The molecule has 2 rings (SSSR count). The Morgan fingerprint density at radius 3 is 2.69 bits per heavy atom. The van der Waals surface area contributed by atoms with E-state index in [2.05, 4.69) is 10.3 Å². The van der Waals surface area contributed by atoms with Crippen molar-refractivity contribution < 1.29 is 9.53 Å². The fourth-order valence-corrected chi connectivity index (χ4v) is 1.10. The van der Waals surface area contributed by atoms with Gasteiger partial charge in [-0.1, -0.05) is 18.2 Å². The zero-order valence-electron chi connectivity index (χ0n) is 8.11. The average Bonchev–Trinajstić information content (AvgIpc) is 2.79. The van der Waals surface area contributed by atoms with Crippen molar-refractivity contribution in [2.24, 2.45) is 5.18 Å². The molecule has 1 heterocycles. The van der Waals surface area contributed by atoms with Crippen molar-refractivity contribution in [2.45, 2.75) is 0 Å². The summed E-state index contributed by atoms with van der Waals surface area (Å²) in [5.74, 6) is 0.406. The van der Waals surface area contributed by atoms with Crippen LogP contribution in [0.5, 0.6) is 5.75 Å². The van der Waals surface area contributed by atoms with Crippen LogP contribution in [0.2, 0.25) is 0 Å². The molecule has 0 amide bonds. The number of hydrogen-bond donors (Lipinski definition) is 0. The molecule has 0 N–H and O–H groups in total. The van der Waals surface area contributed by atoms with E-state index in [1.807, 2.05) is 0 Å². The van der Waals surface area contributed by atoms with Gasteiger partial charge in [0.05, 0.1) is 12.4 Å². The Bertz CT molecular complexity index is 507. The molecule has 0 radical (unpaired) electrons. The summed E-state index contributed by atoms with van der Waals surface area (Å²) in [4.78, 5) is 21.6. The van der Waals surface area contributed by atoms with Gasteiger partial charge in [0.15, 0.2) is 0 Å². The van der Waals surface area contributed by atoms with Crippen molar-refractivity contribution in [3.63, 3.8) is 0 Å². The van der Waals surface area contributed by atoms with Crippen LogP contribution in [0.15, 0.2) is 47.9 Å². The van der Waals surface area contributed by atoms with Crippen LogP contribution in [0, 0.1) is 4.91 Å². The van der Waals surface area contributed by atoms with Gasteiger partial charge in [0, 0.05) is 0 Å². The lowest BCUT2D eigenvalue weighted by Crippen LogP contribution is -2.16. The SMILES string of the molecule is O=Nc1cnn(C(=O)Oc2ccccc2)c1. The zero-order valence-corrected chi connectivity index (χ0v) is 8.11. The molecule has 0 aliphatic heterocycles. The maximum atomic E-state index is 11.5. The van der Waals surface area contributed by atoms with Crippen LogP contribution in [0.1, 0.15) is 0 Å². The molecule has 0 unspecified atom stereocenters. The molecule has 6 heteroatoms. The van der Waals surface area contributed by atoms with Crippen LogP contribution in [0.4, 0.5) is 10.5 Å². The average molecular weight is 217 g/mol. The molecule has 6 nitrogen and oxygen atoms in total. The van der Waals surface area contributed by atoms with Gasteiger partial charge in [-0.15, -0.1) is 4.91 Å². The second kappa shape index (κ2) is 4.35. The summed E-state index contributed by atoms with van der Waals surface area (Å²) < 4.78 is 5.88. The van der Waals surface area contributed by atoms with Gasteiger partial charge in [0.25, 0.3) is 0 Å². The number of para-hydroxylation sites is 1. The number of nitroso groups, excluding NO2 is 1. The van der Waals surface area contributed by atoms with Crippen molar-refractivity contribution in [2.75, 3.05) is 0 Å². The van der Waals surface area contributed by atoms with E-state index in [9.17, 15) is 9.70 Å². The zero-order chi connectivity index (χ0) is 11.4. The molecular formula is C10H7N3O3. The van der Waals surface area contributed by atoms with Crippen molar-refractivity contribution in [3.8, 4) is 5.75 Å². The molecule has 0 bridgehead atoms. The van der Waals surface area contributed by atoms with Gasteiger partial charge < -0.3 is 4.74 Å². The largest absolute Gasteiger partial charge is 0.440 e. The molecule has 0 fully saturated rings. The first-order valence-electron chi connectivity index (χ1n) is 4.45. The van der Waals surface area contributed by atoms with E-state index in [0.29, 0.717) is 5.75 Å². The minimum Gasteiger partial charge on any atom is -0.409 e. The first-order valence-corrected chi connectivity index (χ1v) is 4.45. The van der Waals surface area contributed by atoms with E-state index in [1.165, 1.54) is 12.4 Å². The third-order valence-corrected chi connectivity index (χ3v) is 1.81. The van der Waals surface area contributed by atoms with Crippen LogP contribution in [0.3, 0.4) is 0 Å². The highest BCUT2D eigenvalue weighted by Gasteiger charge is 2.09. The number of benzene rings is 1. The fraction of sp³-hybridized carbons (Fsp3) is 0. The Morgan fingerprint density at radius 2 is 2.06 bits per heavy atom. The smallest absolute Gasteiger partial charge is 0.409 e. The number of nitrogens with zero attached hydrogens (tertiary/aromatic N) is 3. The maximum Gasteiger partial charge on any atom is 0.440 e. The van der Waals surface area contributed by atoms with Gasteiger partial charge in [-0.25, -0.2) is 4.79 Å². The first-order chi connectivity index (χ1) is 7.79. The highest BCUT2D eigenvalue weighted by Crippen LogP contribution is 2.11. The molecule has 0 atom stereocenters. The number of hydrogen-bond acceptors (Lipinski definition) is 5. The van der Waals surface area contributed by atoms with Crippen LogP contribution in [-0.2, 0) is 0 Å². The molecule has 0 spiro atoms. The van der Waals surface area contributed by atoms with Crippen molar-refractivity contribution in [1.29, 1.82) is 0 Å². The minimum atomic E-state index is -0.693. The van der Waals surface area contributed by atoms with Gasteiger partial charge in [-0.2, -0.15) is 9.78 Å². The predicted molar refractivity (Wildman–Crippen MR) is 55.5 cm³/mol. The lowest BCUT2D eigenvalue weighted by atomic mass is 10.3. The lowest BCUT2D eigenvalue weighted by molar-refractivity contribution is 0.199. The van der Waals surface area contributed by atoms with E-state index in [-0.39, 0.29) is 5.69 Å². The molecule has 2 aromatic rings. The molecular weight excluding hydrogens is 210 g/mol. The highest BCUT2D eigenvalue weighted by atomic mass is 16.6. The maximum absolute atomic E-state index is 11.5. The van der Waals surface area contributed by atoms with Crippen molar-refractivity contribution in [3.05, 3.63) is 47.6 Å². The summed E-state index contributed by atoms with van der Waals surface area (Å²) in [6.07, 6.45) is 1.68. The number of carbonyl (C=O) groups excluding carboxylic acids is 1. The molecule has 0 aliphatic carbocycles.